The van der Waals surface area contributed by atoms with E-state index in [1.165, 1.54) is 10.5 Å². The predicted molar refractivity (Wildman–Crippen MR) is 111 cm³/mol. The first-order valence-corrected chi connectivity index (χ1v) is 9.98. The fraction of sp³-hybridized carbons (Fsp3) is 0.391. The maximum Gasteiger partial charge on any atom is 0.325 e. The van der Waals surface area contributed by atoms with Crippen LogP contribution >= 0.6 is 0 Å². The summed E-state index contributed by atoms with van der Waals surface area (Å²) in [7, 11) is 1.61. The first-order chi connectivity index (χ1) is 14.0. The van der Waals surface area contributed by atoms with Gasteiger partial charge in [-0.3, -0.25) is 9.69 Å². The summed E-state index contributed by atoms with van der Waals surface area (Å²) in [6.45, 7) is 4.61. The van der Waals surface area contributed by atoms with Crippen molar-refractivity contribution >= 4 is 11.9 Å². The van der Waals surface area contributed by atoms with Crippen molar-refractivity contribution in [1.82, 2.24) is 10.2 Å². The number of hydrogen-bond donors (Lipinski definition) is 1. The Labute approximate surface area is 171 Å². The van der Waals surface area contributed by atoms with Gasteiger partial charge >= 0.3 is 6.03 Å². The van der Waals surface area contributed by atoms with Crippen LogP contribution in [-0.4, -0.2) is 37.1 Å². The highest BCUT2D eigenvalue weighted by atomic mass is 16.5. The SMILES string of the molecule is CCCc1ccc(C2(C)NC(=O)N(CCCOc3ccc(OC)cc3)C2=O)cc1. The van der Waals surface area contributed by atoms with Crippen molar-refractivity contribution in [3.05, 3.63) is 59.7 Å². The maximum absolute atomic E-state index is 13.0. The quantitative estimate of drug-likeness (QED) is 0.516. The molecule has 0 saturated carbocycles. The number of carbonyl (C=O) groups excluding carboxylic acids is 2. The third-order valence-corrected chi connectivity index (χ3v) is 5.20. The summed E-state index contributed by atoms with van der Waals surface area (Å²) in [5.74, 6) is 1.26. The van der Waals surface area contributed by atoms with Crippen LogP contribution < -0.4 is 14.8 Å². The van der Waals surface area contributed by atoms with E-state index in [0.29, 0.717) is 19.6 Å². The van der Waals surface area contributed by atoms with Crippen molar-refractivity contribution < 1.29 is 19.1 Å². The van der Waals surface area contributed by atoms with Gasteiger partial charge in [0.05, 0.1) is 13.7 Å². The molecule has 1 heterocycles. The largest absolute Gasteiger partial charge is 0.497 e. The molecule has 6 heteroatoms. The van der Waals surface area contributed by atoms with E-state index < -0.39 is 5.54 Å². The van der Waals surface area contributed by atoms with Gasteiger partial charge < -0.3 is 14.8 Å². The van der Waals surface area contributed by atoms with Crippen LogP contribution in [0.25, 0.3) is 0 Å². The standard InChI is InChI=1S/C23H28N2O4/c1-4-6-17-7-9-18(10-8-17)23(2)21(26)25(22(27)24-23)15-5-16-29-20-13-11-19(28-3)12-14-20/h7-14H,4-6,15-16H2,1-3H3,(H,24,27). The second-order valence-corrected chi connectivity index (χ2v) is 7.34. The highest BCUT2D eigenvalue weighted by molar-refractivity contribution is 6.07. The second kappa shape index (κ2) is 8.99. The fourth-order valence-electron chi connectivity index (χ4n) is 3.47. The lowest BCUT2D eigenvalue weighted by atomic mass is 9.91. The summed E-state index contributed by atoms with van der Waals surface area (Å²) < 4.78 is 10.8. The van der Waals surface area contributed by atoms with Gasteiger partial charge in [-0.25, -0.2) is 4.79 Å². The fourth-order valence-corrected chi connectivity index (χ4v) is 3.47. The minimum absolute atomic E-state index is 0.227. The van der Waals surface area contributed by atoms with Crippen molar-refractivity contribution in [2.24, 2.45) is 0 Å². The molecule has 1 unspecified atom stereocenters. The van der Waals surface area contributed by atoms with Crippen molar-refractivity contribution in [1.29, 1.82) is 0 Å². The Morgan fingerprint density at radius 3 is 2.28 bits per heavy atom. The number of ether oxygens (including phenoxy) is 2. The topological polar surface area (TPSA) is 67.9 Å². The molecule has 1 aliphatic rings. The number of amides is 3. The van der Waals surface area contributed by atoms with Gasteiger partial charge in [0.2, 0.25) is 0 Å². The molecule has 2 aromatic rings. The molecule has 3 rings (SSSR count). The van der Waals surface area contributed by atoms with Crippen LogP contribution in [-0.2, 0) is 16.8 Å². The Hall–Kier alpha value is -3.02. The highest BCUT2D eigenvalue weighted by Crippen LogP contribution is 2.29. The van der Waals surface area contributed by atoms with Gasteiger partial charge in [-0.2, -0.15) is 0 Å². The highest BCUT2D eigenvalue weighted by Gasteiger charge is 2.48. The van der Waals surface area contributed by atoms with Crippen LogP contribution in [0.15, 0.2) is 48.5 Å². The van der Waals surface area contributed by atoms with Crippen molar-refractivity contribution in [3.63, 3.8) is 0 Å². The monoisotopic (exact) mass is 396 g/mol. The summed E-state index contributed by atoms with van der Waals surface area (Å²) >= 11 is 0. The normalized spacial score (nSPS) is 18.7. The van der Waals surface area contributed by atoms with Crippen molar-refractivity contribution in [2.75, 3.05) is 20.3 Å². The summed E-state index contributed by atoms with van der Waals surface area (Å²) in [4.78, 5) is 26.7. The van der Waals surface area contributed by atoms with E-state index >= 15 is 0 Å². The molecule has 6 nitrogen and oxygen atoms in total. The van der Waals surface area contributed by atoms with Crippen LogP contribution in [0.1, 0.15) is 37.8 Å². The van der Waals surface area contributed by atoms with Gasteiger partial charge in [-0.1, -0.05) is 37.6 Å². The Morgan fingerprint density at radius 1 is 1.00 bits per heavy atom. The van der Waals surface area contributed by atoms with Gasteiger partial charge in [-0.05, 0) is 55.2 Å². The zero-order valence-electron chi connectivity index (χ0n) is 17.2. The van der Waals surface area contributed by atoms with Gasteiger partial charge in [0.25, 0.3) is 5.91 Å². The molecule has 154 valence electrons. The Kier molecular flexibility index (Phi) is 6.42. The molecule has 29 heavy (non-hydrogen) atoms. The van der Waals surface area contributed by atoms with E-state index in [0.717, 1.165) is 29.9 Å². The molecular formula is C23H28N2O4. The molecule has 1 N–H and O–H groups in total. The van der Waals surface area contributed by atoms with Gasteiger partial charge in [0, 0.05) is 6.54 Å². The van der Waals surface area contributed by atoms with Crippen molar-refractivity contribution in [2.45, 2.75) is 38.6 Å². The number of aryl methyl sites for hydroxylation is 1. The molecule has 1 saturated heterocycles. The zero-order chi connectivity index (χ0) is 20.9. The smallest absolute Gasteiger partial charge is 0.325 e. The van der Waals surface area contributed by atoms with Gasteiger partial charge in [-0.15, -0.1) is 0 Å². The van der Waals surface area contributed by atoms with E-state index in [1.807, 2.05) is 48.5 Å². The minimum Gasteiger partial charge on any atom is -0.497 e. The Bertz CT molecular complexity index is 848. The molecule has 1 fully saturated rings. The first kappa shape index (κ1) is 20.7. The second-order valence-electron chi connectivity index (χ2n) is 7.34. The zero-order valence-corrected chi connectivity index (χ0v) is 17.2. The molecule has 0 aromatic heterocycles. The molecular weight excluding hydrogens is 368 g/mol. The van der Waals surface area contributed by atoms with Gasteiger partial charge in [0.1, 0.15) is 17.0 Å². The number of rotatable bonds is 9. The van der Waals surface area contributed by atoms with E-state index in [1.54, 1.807) is 14.0 Å². The average Bonchev–Trinajstić information content (AvgIpc) is 2.96. The third kappa shape index (κ3) is 4.53. The van der Waals surface area contributed by atoms with E-state index in [-0.39, 0.29) is 11.9 Å². The van der Waals surface area contributed by atoms with Crippen LogP contribution in [0.5, 0.6) is 11.5 Å². The summed E-state index contributed by atoms with van der Waals surface area (Å²) in [6.07, 6.45) is 2.62. The number of nitrogens with one attached hydrogen (secondary N) is 1. The van der Waals surface area contributed by atoms with E-state index in [2.05, 4.69) is 12.2 Å². The number of imide groups is 1. The maximum atomic E-state index is 13.0. The number of benzene rings is 2. The first-order valence-electron chi connectivity index (χ1n) is 9.98. The lowest BCUT2D eigenvalue weighted by Crippen LogP contribution is -2.41. The average molecular weight is 396 g/mol. The van der Waals surface area contributed by atoms with Crippen molar-refractivity contribution in [3.8, 4) is 11.5 Å². The predicted octanol–water partition coefficient (Wildman–Crippen LogP) is 3.88. The van der Waals surface area contributed by atoms with Crippen LogP contribution in [0, 0.1) is 0 Å². The Morgan fingerprint density at radius 2 is 1.66 bits per heavy atom. The lowest BCUT2D eigenvalue weighted by molar-refractivity contribution is -0.131. The van der Waals surface area contributed by atoms with Crippen LogP contribution in [0.2, 0.25) is 0 Å². The van der Waals surface area contributed by atoms with Crippen LogP contribution in [0.4, 0.5) is 4.79 Å². The molecule has 3 amide bonds. The molecule has 1 atom stereocenters. The van der Waals surface area contributed by atoms with E-state index in [9.17, 15) is 9.59 Å². The van der Waals surface area contributed by atoms with Gasteiger partial charge in [0.15, 0.2) is 0 Å². The molecule has 2 aromatic carbocycles. The molecule has 1 aliphatic heterocycles. The van der Waals surface area contributed by atoms with Crippen LogP contribution in [0.3, 0.4) is 0 Å². The number of hydrogen-bond acceptors (Lipinski definition) is 4. The summed E-state index contributed by atoms with van der Waals surface area (Å²) in [5, 5.41) is 2.85. The molecule has 0 bridgehead atoms. The Balaban J connectivity index is 1.56. The summed E-state index contributed by atoms with van der Waals surface area (Å²) in [5.41, 5.74) is 0.996. The summed E-state index contributed by atoms with van der Waals surface area (Å²) in [6, 6.07) is 14.8. The number of urea groups is 1. The van der Waals surface area contributed by atoms with E-state index in [4.69, 9.17) is 9.47 Å². The number of carbonyl (C=O) groups is 2. The molecule has 0 aliphatic carbocycles. The molecule has 0 radical (unpaired) electrons. The lowest BCUT2D eigenvalue weighted by Gasteiger charge is -2.22. The minimum atomic E-state index is -1.03. The molecule has 0 spiro atoms. The number of nitrogens with zero attached hydrogens (tertiary/aromatic N) is 1. The number of methoxy groups -OCH3 is 1. The third-order valence-electron chi connectivity index (χ3n) is 5.20.